The van der Waals surface area contributed by atoms with E-state index in [0.717, 1.165) is 15.9 Å². The molecular weight excluding hydrogens is 328 g/mol. The number of nitrogens with one attached hydrogen (secondary N) is 1. The van der Waals surface area contributed by atoms with Crippen molar-refractivity contribution in [2.75, 3.05) is 32.1 Å². The number of likely N-dealkylation sites (tertiary alicyclic amines) is 1. The predicted octanol–water partition coefficient (Wildman–Crippen LogP) is 4.38. The largest absolute Gasteiger partial charge is 0.495 e. The normalized spacial score (nSPS) is 21.0. The Labute approximate surface area is 137 Å². The van der Waals surface area contributed by atoms with E-state index in [0.29, 0.717) is 12.0 Å². The Balaban J connectivity index is 2.00. The second-order valence-electron chi connectivity index (χ2n) is 5.98. The van der Waals surface area contributed by atoms with Crippen LogP contribution in [0.4, 0.5) is 5.69 Å². The van der Waals surface area contributed by atoms with Crippen LogP contribution in [-0.2, 0) is 0 Å². The minimum atomic E-state index is 0.452. The topological polar surface area (TPSA) is 24.5 Å². The maximum absolute atomic E-state index is 5.45. The molecule has 0 aliphatic carbocycles. The van der Waals surface area contributed by atoms with Crippen molar-refractivity contribution < 1.29 is 4.74 Å². The summed E-state index contributed by atoms with van der Waals surface area (Å²) in [6.07, 6.45) is 3.87. The van der Waals surface area contributed by atoms with Gasteiger partial charge >= 0.3 is 0 Å². The van der Waals surface area contributed by atoms with Gasteiger partial charge in [0, 0.05) is 17.1 Å². The highest BCUT2D eigenvalue weighted by molar-refractivity contribution is 9.10. The van der Waals surface area contributed by atoms with Crippen LogP contribution in [0.5, 0.6) is 5.75 Å². The van der Waals surface area contributed by atoms with Gasteiger partial charge in [0.1, 0.15) is 5.75 Å². The fourth-order valence-corrected chi connectivity index (χ4v) is 3.54. The molecule has 1 aliphatic heterocycles. The molecule has 0 bridgehead atoms. The zero-order valence-electron chi connectivity index (χ0n) is 13.4. The highest BCUT2D eigenvalue weighted by Crippen LogP contribution is 2.30. The first kappa shape index (κ1) is 16.6. The van der Waals surface area contributed by atoms with E-state index in [9.17, 15) is 0 Å². The van der Waals surface area contributed by atoms with Crippen molar-refractivity contribution in [3.8, 4) is 5.75 Å². The van der Waals surface area contributed by atoms with Crippen molar-refractivity contribution in [3.05, 3.63) is 22.7 Å². The lowest BCUT2D eigenvalue weighted by atomic mass is 9.91. The third kappa shape index (κ3) is 4.62. The van der Waals surface area contributed by atoms with Crippen LogP contribution in [0.2, 0.25) is 0 Å². The summed E-state index contributed by atoms with van der Waals surface area (Å²) in [7, 11) is 1.72. The van der Waals surface area contributed by atoms with Gasteiger partial charge in [-0.15, -0.1) is 0 Å². The molecule has 1 aliphatic rings. The maximum Gasteiger partial charge on any atom is 0.142 e. The number of piperidine rings is 1. The maximum atomic E-state index is 5.45. The molecule has 2 rings (SSSR count). The Bertz CT molecular complexity index is 450. The second kappa shape index (κ2) is 8.04. The quantitative estimate of drug-likeness (QED) is 0.820. The van der Waals surface area contributed by atoms with Crippen LogP contribution in [0.25, 0.3) is 0 Å². The molecular formula is C17H27BrN2O. The van der Waals surface area contributed by atoms with E-state index in [4.69, 9.17) is 4.74 Å². The van der Waals surface area contributed by atoms with E-state index in [1.807, 2.05) is 12.1 Å². The number of anilines is 1. The summed E-state index contributed by atoms with van der Waals surface area (Å²) < 4.78 is 6.53. The molecule has 2 unspecified atom stereocenters. The minimum Gasteiger partial charge on any atom is -0.495 e. The van der Waals surface area contributed by atoms with E-state index in [1.54, 1.807) is 7.11 Å². The van der Waals surface area contributed by atoms with Crippen LogP contribution in [-0.4, -0.2) is 37.7 Å². The van der Waals surface area contributed by atoms with Gasteiger partial charge in [-0.1, -0.05) is 22.9 Å². The molecule has 1 aromatic carbocycles. The average molecular weight is 355 g/mol. The van der Waals surface area contributed by atoms with Gasteiger partial charge < -0.3 is 15.0 Å². The van der Waals surface area contributed by atoms with Gasteiger partial charge in [-0.2, -0.15) is 0 Å². The minimum absolute atomic E-state index is 0.452. The van der Waals surface area contributed by atoms with Crippen LogP contribution in [0.15, 0.2) is 22.7 Å². The lowest BCUT2D eigenvalue weighted by Crippen LogP contribution is -2.42. The van der Waals surface area contributed by atoms with Crippen LogP contribution in [0.1, 0.15) is 33.1 Å². The predicted molar refractivity (Wildman–Crippen MR) is 93.2 cm³/mol. The third-order valence-corrected chi connectivity index (χ3v) is 4.83. The molecule has 21 heavy (non-hydrogen) atoms. The summed E-state index contributed by atoms with van der Waals surface area (Å²) in [6, 6.07) is 6.57. The number of hydrogen-bond donors (Lipinski definition) is 1. The van der Waals surface area contributed by atoms with E-state index >= 15 is 0 Å². The number of methoxy groups -OCH3 is 1. The molecule has 1 aromatic rings. The highest BCUT2D eigenvalue weighted by Gasteiger charge is 2.24. The van der Waals surface area contributed by atoms with Gasteiger partial charge in [0.25, 0.3) is 0 Å². The Morgan fingerprint density at radius 3 is 3.00 bits per heavy atom. The van der Waals surface area contributed by atoms with Crippen LogP contribution >= 0.6 is 15.9 Å². The number of ether oxygens (including phenoxy) is 1. The summed E-state index contributed by atoms with van der Waals surface area (Å²) in [5.74, 6) is 1.61. The van der Waals surface area contributed by atoms with Gasteiger partial charge in [0.05, 0.1) is 12.8 Å². The zero-order valence-corrected chi connectivity index (χ0v) is 14.9. The summed E-state index contributed by atoms with van der Waals surface area (Å²) in [5.41, 5.74) is 1.08. The monoisotopic (exact) mass is 354 g/mol. The second-order valence-corrected chi connectivity index (χ2v) is 6.90. The Hall–Kier alpha value is -0.740. The summed E-state index contributed by atoms with van der Waals surface area (Å²) in [5, 5.41) is 3.65. The molecule has 4 heteroatoms. The SMILES string of the molecule is CCCN1CCCC(C(C)Nc2cc(Br)ccc2OC)C1. The van der Waals surface area contributed by atoms with Crippen molar-refractivity contribution in [2.24, 2.45) is 5.92 Å². The summed E-state index contributed by atoms with van der Waals surface area (Å²) >= 11 is 3.54. The van der Waals surface area contributed by atoms with Crippen molar-refractivity contribution in [2.45, 2.75) is 39.2 Å². The molecule has 1 saturated heterocycles. The molecule has 1 fully saturated rings. The molecule has 0 aromatic heterocycles. The van der Waals surface area contributed by atoms with Gasteiger partial charge in [0.15, 0.2) is 0 Å². The standard InChI is InChI=1S/C17H27BrN2O/c1-4-9-20-10-5-6-14(12-20)13(2)19-16-11-15(18)7-8-17(16)21-3/h7-8,11,13-14,19H,4-6,9-10,12H2,1-3H3. The van der Waals surface area contributed by atoms with E-state index in [-0.39, 0.29) is 0 Å². The Kier molecular flexibility index (Phi) is 6.37. The van der Waals surface area contributed by atoms with Crippen molar-refractivity contribution in [3.63, 3.8) is 0 Å². The molecule has 2 atom stereocenters. The van der Waals surface area contributed by atoms with Crippen molar-refractivity contribution in [1.29, 1.82) is 0 Å². The van der Waals surface area contributed by atoms with Gasteiger partial charge in [0.2, 0.25) is 0 Å². The number of rotatable bonds is 6. The first-order chi connectivity index (χ1) is 10.1. The van der Waals surface area contributed by atoms with Crippen molar-refractivity contribution in [1.82, 2.24) is 4.90 Å². The average Bonchev–Trinajstić information content (AvgIpc) is 2.48. The smallest absolute Gasteiger partial charge is 0.142 e. The molecule has 118 valence electrons. The molecule has 0 radical (unpaired) electrons. The summed E-state index contributed by atoms with van der Waals surface area (Å²) in [4.78, 5) is 2.60. The highest BCUT2D eigenvalue weighted by atomic mass is 79.9. The lowest BCUT2D eigenvalue weighted by molar-refractivity contribution is 0.165. The fourth-order valence-electron chi connectivity index (χ4n) is 3.17. The van der Waals surface area contributed by atoms with Crippen molar-refractivity contribution >= 4 is 21.6 Å². The van der Waals surface area contributed by atoms with Gasteiger partial charge in [-0.25, -0.2) is 0 Å². The van der Waals surface area contributed by atoms with Gasteiger partial charge in [-0.3, -0.25) is 0 Å². The van der Waals surface area contributed by atoms with E-state index in [1.165, 1.54) is 38.9 Å². The number of benzene rings is 1. The molecule has 1 heterocycles. The summed E-state index contributed by atoms with van der Waals surface area (Å²) in [6.45, 7) is 8.25. The third-order valence-electron chi connectivity index (χ3n) is 4.33. The molecule has 0 amide bonds. The lowest BCUT2D eigenvalue weighted by Gasteiger charge is -2.36. The first-order valence-electron chi connectivity index (χ1n) is 7.96. The Morgan fingerprint density at radius 1 is 1.48 bits per heavy atom. The number of halogens is 1. The Morgan fingerprint density at radius 2 is 2.29 bits per heavy atom. The van der Waals surface area contributed by atoms with Gasteiger partial charge in [-0.05, 0) is 63.4 Å². The van der Waals surface area contributed by atoms with Crippen LogP contribution in [0.3, 0.4) is 0 Å². The van der Waals surface area contributed by atoms with Crippen LogP contribution < -0.4 is 10.1 Å². The van der Waals surface area contributed by atoms with Crippen LogP contribution in [0, 0.1) is 5.92 Å². The number of nitrogens with zero attached hydrogens (tertiary/aromatic N) is 1. The first-order valence-corrected chi connectivity index (χ1v) is 8.75. The molecule has 1 N–H and O–H groups in total. The molecule has 3 nitrogen and oxygen atoms in total. The fraction of sp³-hybridized carbons (Fsp3) is 0.647. The van der Waals surface area contributed by atoms with E-state index < -0.39 is 0 Å². The number of hydrogen-bond acceptors (Lipinski definition) is 3. The molecule has 0 saturated carbocycles. The van der Waals surface area contributed by atoms with E-state index in [2.05, 4.69) is 46.1 Å². The zero-order chi connectivity index (χ0) is 15.2. The molecule has 0 spiro atoms.